The molecule has 0 aliphatic carbocycles. The summed E-state index contributed by atoms with van der Waals surface area (Å²) in [5, 5.41) is 5.27. The largest absolute Gasteiger partial charge is 0.366 e. The number of amides is 1. The molecule has 0 spiro atoms. The van der Waals surface area contributed by atoms with Crippen LogP contribution in [0.25, 0.3) is 0 Å². The first kappa shape index (κ1) is 17.4. The zero-order valence-electron chi connectivity index (χ0n) is 13.8. The lowest BCUT2D eigenvalue weighted by Gasteiger charge is -2.10. The lowest BCUT2D eigenvalue weighted by atomic mass is 10.2. The fourth-order valence-electron chi connectivity index (χ4n) is 2.26. The first-order valence-electron chi connectivity index (χ1n) is 7.77. The van der Waals surface area contributed by atoms with Crippen LogP contribution in [0.4, 0.5) is 20.3 Å². The quantitative estimate of drug-likeness (QED) is 0.734. The molecule has 1 aromatic carbocycles. The molecule has 8 heteroatoms. The summed E-state index contributed by atoms with van der Waals surface area (Å²) in [6.45, 7) is 2.07. The number of hydrogen-bond donors (Lipinski definition) is 2. The van der Waals surface area contributed by atoms with Gasteiger partial charge in [-0.15, -0.1) is 0 Å². The van der Waals surface area contributed by atoms with E-state index in [0.717, 1.165) is 17.7 Å². The van der Waals surface area contributed by atoms with E-state index in [1.165, 1.54) is 12.1 Å². The molecule has 1 amide bonds. The van der Waals surface area contributed by atoms with Gasteiger partial charge in [-0.2, -0.15) is 0 Å². The Balaban J connectivity index is 1.77. The van der Waals surface area contributed by atoms with Gasteiger partial charge >= 0.3 is 0 Å². The van der Waals surface area contributed by atoms with E-state index < -0.39 is 23.2 Å². The minimum Gasteiger partial charge on any atom is -0.366 e. The first-order chi connectivity index (χ1) is 12.5. The molecule has 2 N–H and O–H groups in total. The number of halogens is 2. The van der Waals surface area contributed by atoms with Crippen molar-refractivity contribution in [1.29, 1.82) is 0 Å². The molecule has 0 saturated heterocycles. The average molecular weight is 355 g/mol. The Morgan fingerprint density at radius 2 is 1.88 bits per heavy atom. The number of nitrogens with one attached hydrogen (secondary N) is 2. The standard InChI is InChI=1S/C18H15F2N5O/c1-11-23-15(18(26)25-17-13(19)5-2-6-14(17)20)8-16(24-11)22-10-12-4-3-7-21-9-12/h2-9H,10H2,1H3,(H,25,26)(H,22,23,24). The first-order valence-corrected chi connectivity index (χ1v) is 7.77. The van der Waals surface area contributed by atoms with Gasteiger partial charge in [0.2, 0.25) is 0 Å². The van der Waals surface area contributed by atoms with E-state index in [4.69, 9.17) is 0 Å². The molecular formula is C18H15F2N5O. The highest BCUT2D eigenvalue weighted by atomic mass is 19.1. The molecule has 0 aliphatic rings. The number of para-hydroxylation sites is 1. The highest BCUT2D eigenvalue weighted by Gasteiger charge is 2.15. The van der Waals surface area contributed by atoms with Gasteiger partial charge in [0, 0.05) is 25.0 Å². The van der Waals surface area contributed by atoms with Crippen molar-refractivity contribution in [1.82, 2.24) is 15.0 Å². The van der Waals surface area contributed by atoms with Crippen LogP contribution in [0.15, 0.2) is 48.8 Å². The lowest BCUT2D eigenvalue weighted by molar-refractivity contribution is 0.102. The highest BCUT2D eigenvalue weighted by molar-refractivity contribution is 6.03. The van der Waals surface area contributed by atoms with Gasteiger partial charge in [0.05, 0.1) is 0 Å². The third-order valence-corrected chi connectivity index (χ3v) is 3.47. The van der Waals surface area contributed by atoms with Crippen LogP contribution in [0, 0.1) is 18.6 Å². The number of rotatable bonds is 5. The predicted molar refractivity (Wildman–Crippen MR) is 92.6 cm³/mol. The van der Waals surface area contributed by atoms with Crippen molar-refractivity contribution in [3.8, 4) is 0 Å². The molecule has 3 rings (SSSR count). The van der Waals surface area contributed by atoms with Crippen molar-refractivity contribution in [3.63, 3.8) is 0 Å². The number of hydrogen-bond acceptors (Lipinski definition) is 5. The third-order valence-electron chi connectivity index (χ3n) is 3.47. The Hall–Kier alpha value is -3.42. The van der Waals surface area contributed by atoms with E-state index in [2.05, 4.69) is 25.6 Å². The lowest BCUT2D eigenvalue weighted by Crippen LogP contribution is -2.17. The number of aromatic nitrogens is 3. The number of anilines is 2. The van der Waals surface area contributed by atoms with Crippen LogP contribution in [0.2, 0.25) is 0 Å². The van der Waals surface area contributed by atoms with E-state index >= 15 is 0 Å². The molecule has 0 aliphatic heterocycles. The van der Waals surface area contributed by atoms with Crippen molar-refractivity contribution in [2.45, 2.75) is 13.5 Å². The van der Waals surface area contributed by atoms with Crippen molar-refractivity contribution in [2.75, 3.05) is 10.6 Å². The summed E-state index contributed by atoms with van der Waals surface area (Å²) < 4.78 is 27.4. The second-order valence-electron chi connectivity index (χ2n) is 5.45. The number of carbonyl (C=O) groups excluding carboxylic acids is 1. The molecule has 6 nitrogen and oxygen atoms in total. The van der Waals surface area contributed by atoms with Gasteiger partial charge in [0.15, 0.2) is 0 Å². The molecule has 26 heavy (non-hydrogen) atoms. The Labute approximate surface area is 148 Å². The molecule has 3 aromatic rings. The molecule has 0 saturated carbocycles. The number of pyridine rings is 1. The summed E-state index contributed by atoms with van der Waals surface area (Å²) in [4.78, 5) is 24.6. The normalized spacial score (nSPS) is 10.4. The molecule has 0 bridgehead atoms. The molecular weight excluding hydrogens is 340 g/mol. The minimum absolute atomic E-state index is 0.00570. The van der Waals surface area contributed by atoms with E-state index in [-0.39, 0.29) is 5.69 Å². The van der Waals surface area contributed by atoms with Crippen LogP contribution in [-0.4, -0.2) is 20.9 Å². The summed E-state index contributed by atoms with van der Waals surface area (Å²) in [6.07, 6.45) is 3.37. The summed E-state index contributed by atoms with van der Waals surface area (Å²) in [7, 11) is 0. The van der Waals surface area contributed by atoms with Crippen molar-refractivity contribution < 1.29 is 13.6 Å². The van der Waals surface area contributed by atoms with Gasteiger partial charge in [0.25, 0.3) is 5.91 Å². The van der Waals surface area contributed by atoms with E-state index in [1.807, 2.05) is 12.1 Å². The summed E-state index contributed by atoms with van der Waals surface area (Å²) in [6, 6.07) is 8.45. The maximum atomic E-state index is 13.7. The van der Waals surface area contributed by atoms with Gasteiger partial charge in [-0.1, -0.05) is 12.1 Å². The zero-order valence-corrected chi connectivity index (χ0v) is 13.8. The summed E-state index contributed by atoms with van der Waals surface area (Å²) in [5.74, 6) is -1.69. The molecule has 2 aromatic heterocycles. The van der Waals surface area contributed by atoms with Gasteiger partial charge in [-0.05, 0) is 30.7 Å². The fourth-order valence-corrected chi connectivity index (χ4v) is 2.26. The van der Waals surface area contributed by atoms with Crippen LogP contribution in [-0.2, 0) is 6.54 Å². The third kappa shape index (κ3) is 4.15. The van der Waals surface area contributed by atoms with E-state index in [1.54, 1.807) is 19.3 Å². The molecule has 0 atom stereocenters. The summed E-state index contributed by atoms with van der Waals surface area (Å²) in [5.41, 5.74) is 0.413. The Morgan fingerprint density at radius 3 is 2.58 bits per heavy atom. The van der Waals surface area contributed by atoms with Crippen LogP contribution in [0.1, 0.15) is 21.9 Å². The maximum Gasteiger partial charge on any atom is 0.274 e. The maximum absolute atomic E-state index is 13.7. The molecule has 2 heterocycles. The van der Waals surface area contributed by atoms with Crippen molar-refractivity contribution in [2.24, 2.45) is 0 Å². The smallest absolute Gasteiger partial charge is 0.274 e. The Bertz CT molecular complexity index is 914. The molecule has 132 valence electrons. The number of aryl methyl sites for hydroxylation is 1. The number of benzene rings is 1. The Kier molecular flexibility index (Phi) is 5.12. The topological polar surface area (TPSA) is 79.8 Å². The van der Waals surface area contributed by atoms with Crippen LogP contribution < -0.4 is 10.6 Å². The van der Waals surface area contributed by atoms with Crippen LogP contribution in [0.5, 0.6) is 0 Å². The zero-order chi connectivity index (χ0) is 18.5. The highest BCUT2D eigenvalue weighted by Crippen LogP contribution is 2.19. The predicted octanol–water partition coefficient (Wildman–Crippen LogP) is 3.32. The van der Waals surface area contributed by atoms with Gasteiger partial charge in [0.1, 0.15) is 34.7 Å². The minimum atomic E-state index is -0.862. The van der Waals surface area contributed by atoms with Gasteiger partial charge in [-0.3, -0.25) is 9.78 Å². The number of carbonyl (C=O) groups is 1. The summed E-state index contributed by atoms with van der Waals surface area (Å²) >= 11 is 0. The molecule has 0 fully saturated rings. The molecule has 0 radical (unpaired) electrons. The number of nitrogens with zero attached hydrogens (tertiary/aromatic N) is 3. The fraction of sp³-hybridized carbons (Fsp3) is 0.111. The van der Waals surface area contributed by atoms with E-state index in [9.17, 15) is 13.6 Å². The Morgan fingerprint density at radius 1 is 1.12 bits per heavy atom. The van der Waals surface area contributed by atoms with Gasteiger partial charge in [-0.25, -0.2) is 18.7 Å². The molecule has 0 unspecified atom stereocenters. The van der Waals surface area contributed by atoms with Gasteiger partial charge < -0.3 is 10.6 Å². The van der Waals surface area contributed by atoms with E-state index in [0.29, 0.717) is 18.2 Å². The van der Waals surface area contributed by atoms with Crippen molar-refractivity contribution in [3.05, 3.63) is 77.5 Å². The average Bonchev–Trinajstić information content (AvgIpc) is 2.63. The SMILES string of the molecule is Cc1nc(NCc2cccnc2)cc(C(=O)Nc2c(F)cccc2F)n1. The van der Waals surface area contributed by atoms with Crippen LogP contribution >= 0.6 is 0 Å². The second kappa shape index (κ2) is 7.64. The monoisotopic (exact) mass is 355 g/mol. The van der Waals surface area contributed by atoms with Crippen molar-refractivity contribution >= 4 is 17.4 Å². The second-order valence-corrected chi connectivity index (χ2v) is 5.45. The van der Waals surface area contributed by atoms with Crippen LogP contribution in [0.3, 0.4) is 0 Å².